The molecular weight excluding hydrogens is 166 g/mol. The van der Waals surface area contributed by atoms with E-state index in [4.69, 9.17) is 10.9 Å². The van der Waals surface area contributed by atoms with Crippen LogP contribution in [0.3, 0.4) is 0 Å². The van der Waals surface area contributed by atoms with Gasteiger partial charge in [-0.15, -0.1) is 0 Å². The highest BCUT2D eigenvalue weighted by Crippen LogP contribution is 2.21. The van der Waals surface area contributed by atoms with Gasteiger partial charge in [0, 0.05) is 6.04 Å². The predicted octanol–water partition coefficient (Wildman–Crippen LogP) is 0.853. The highest BCUT2D eigenvalue weighted by Gasteiger charge is 2.23. The molecule has 1 saturated heterocycles. The fourth-order valence-electron chi connectivity index (χ4n) is 1.93. The second kappa shape index (κ2) is 4.46. The largest absolute Gasteiger partial charge is 0.409 e. The molecule has 1 aliphatic heterocycles. The first-order valence-electron chi connectivity index (χ1n) is 4.84. The Hall–Kier alpha value is -0.770. The van der Waals surface area contributed by atoms with Gasteiger partial charge in [0.05, 0.1) is 6.54 Å². The van der Waals surface area contributed by atoms with Crippen LogP contribution in [-0.4, -0.2) is 35.1 Å². The monoisotopic (exact) mass is 185 g/mol. The van der Waals surface area contributed by atoms with Gasteiger partial charge in [0.1, 0.15) is 0 Å². The van der Waals surface area contributed by atoms with Gasteiger partial charge in [-0.2, -0.15) is 0 Å². The second-order valence-corrected chi connectivity index (χ2v) is 4.04. The van der Waals surface area contributed by atoms with Gasteiger partial charge in [-0.25, -0.2) is 0 Å². The van der Waals surface area contributed by atoms with Crippen LogP contribution in [-0.2, 0) is 0 Å². The topological polar surface area (TPSA) is 61.8 Å². The van der Waals surface area contributed by atoms with Crippen molar-refractivity contribution in [3.63, 3.8) is 0 Å². The fourth-order valence-corrected chi connectivity index (χ4v) is 1.93. The number of oxime groups is 1. The third-order valence-corrected chi connectivity index (χ3v) is 2.77. The minimum absolute atomic E-state index is 0.307. The molecule has 76 valence electrons. The summed E-state index contributed by atoms with van der Waals surface area (Å²) in [5, 5.41) is 11.4. The van der Waals surface area contributed by atoms with Crippen molar-refractivity contribution in [3.8, 4) is 0 Å². The summed E-state index contributed by atoms with van der Waals surface area (Å²) in [6.45, 7) is 6.11. The second-order valence-electron chi connectivity index (χ2n) is 4.04. The van der Waals surface area contributed by atoms with Gasteiger partial charge in [0.2, 0.25) is 0 Å². The average molecular weight is 185 g/mol. The predicted molar refractivity (Wildman–Crippen MR) is 52.8 cm³/mol. The van der Waals surface area contributed by atoms with Gasteiger partial charge < -0.3 is 10.9 Å². The lowest BCUT2D eigenvalue weighted by molar-refractivity contribution is 0.147. The van der Waals surface area contributed by atoms with Crippen LogP contribution in [0.2, 0.25) is 0 Å². The number of nitrogens with zero attached hydrogens (tertiary/aromatic N) is 2. The van der Waals surface area contributed by atoms with E-state index in [-0.39, 0.29) is 0 Å². The van der Waals surface area contributed by atoms with Crippen LogP contribution in [0.1, 0.15) is 26.7 Å². The van der Waals surface area contributed by atoms with E-state index in [1.807, 2.05) is 0 Å². The van der Waals surface area contributed by atoms with Crippen LogP contribution < -0.4 is 5.73 Å². The van der Waals surface area contributed by atoms with E-state index < -0.39 is 0 Å². The standard InChI is InChI=1S/C9H19N3O/c1-7-3-4-12(8(2)5-7)6-9(10)11-13/h7-8,13H,3-6H2,1-2H3,(H2,10,11). The minimum atomic E-state index is 0.307. The van der Waals surface area contributed by atoms with E-state index in [1.165, 1.54) is 12.8 Å². The maximum absolute atomic E-state index is 8.44. The molecule has 2 atom stereocenters. The maximum Gasteiger partial charge on any atom is 0.153 e. The number of nitrogens with two attached hydrogens (primary N) is 1. The molecular formula is C9H19N3O. The molecule has 4 heteroatoms. The molecule has 0 bridgehead atoms. The Morgan fingerprint density at radius 2 is 2.31 bits per heavy atom. The number of rotatable bonds is 2. The Morgan fingerprint density at radius 1 is 1.62 bits per heavy atom. The smallest absolute Gasteiger partial charge is 0.153 e. The van der Waals surface area contributed by atoms with Crippen LogP contribution in [0.25, 0.3) is 0 Å². The van der Waals surface area contributed by atoms with Crippen molar-refractivity contribution in [2.45, 2.75) is 32.7 Å². The summed E-state index contributed by atoms with van der Waals surface area (Å²) in [6.07, 6.45) is 2.42. The normalized spacial score (nSPS) is 32.0. The summed E-state index contributed by atoms with van der Waals surface area (Å²) < 4.78 is 0. The van der Waals surface area contributed by atoms with E-state index in [0.29, 0.717) is 18.4 Å². The van der Waals surface area contributed by atoms with Crippen LogP contribution in [0.15, 0.2) is 5.16 Å². The van der Waals surface area contributed by atoms with Crippen molar-refractivity contribution in [2.24, 2.45) is 16.8 Å². The van der Waals surface area contributed by atoms with Crippen molar-refractivity contribution in [3.05, 3.63) is 0 Å². The number of hydrogen-bond donors (Lipinski definition) is 2. The third kappa shape index (κ3) is 2.88. The molecule has 1 heterocycles. The molecule has 1 rings (SSSR count). The van der Waals surface area contributed by atoms with Crippen molar-refractivity contribution in [1.82, 2.24) is 4.90 Å². The van der Waals surface area contributed by atoms with Gasteiger partial charge in [-0.05, 0) is 32.2 Å². The minimum Gasteiger partial charge on any atom is -0.409 e. The van der Waals surface area contributed by atoms with Gasteiger partial charge in [0.25, 0.3) is 0 Å². The fraction of sp³-hybridized carbons (Fsp3) is 0.889. The summed E-state index contributed by atoms with van der Waals surface area (Å²) in [5.41, 5.74) is 5.46. The van der Waals surface area contributed by atoms with Crippen molar-refractivity contribution >= 4 is 5.84 Å². The number of hydrogen-bond acceptors (Lipinski definition) is 3. The lowest BCUT2D eigenvalue weighted by atomic mass is 9.93. The van der Waals surface area contributed by atoms with Crippen molar-refractivity contribution < 1.29 is 5.21 Å². The third-order valence-electron chi connectivity index (χ3n) is 2.77. The number of piperidine rings is 1. The zero-order valence-electron chi connectivity index (χ0n) is 8.40. The summed E-state index contributed by atoms with van der Waals surface area (Å²) in [7, 11) is 0. The van der Waals surface area contributed by atoms with Gasteiger partial charge in [0.15, 0.2) is 5.84 Å². The lowest BCUT2D eigenvalue weighted by Gasteiger charge is -2.35. The van der Waals surface area contributed by atoms with Gasteiger partial charge in [-0.3, -0.25) is 4.90 Å². The molecule has 0 aromatic heterocycles. The summed E-state index contributed by atoms with van der Waals surface area (Å²) in [4.78, 5) is 2.26. The molecule has 0 spiro atoms. The van der Waals surface area contributed by atoms with E-state index in [0.717, 1.165) is 12.5 Å². The van der Waals surface area contributed by atoms with Crippen molar-refractivity contribution in [2.75, 3.05) is 13.1 Å². The van der Waals surface area contributed by atoms with Gasteiger partial charge >= 0.3 is 0 Å². The lowest BCUT2D eigenvalue weighted by Crippen LogP contribution is -2.44. The summed E-state index contributed by atoms with van der Waals surface area (Å²) in [5.74, 6) is 1.11. The molecule has 2 unspecified atom stereocenters. The highest BCUT2D eigenvalue weighted by atomic mass is 16.4. The van der Waals surface area contributed by atoms with E-state index in [2.05, 4.69) is 23.9 Å². The van der Waals surface area contributed by atoms with E-state index in [1.54, 1.807) is 0 Å². The SMILES string of the molecule is CC1CCN(CC(N)=NO)C(C)C1. The molecule has 0 saturated carbocycles. The molecule has 0 aromatic carbocycles. The first kappa shape index (κ1) is 10.3. The van der Waals surface area contributed by atoms with E-state index in [9.17, 15) is 0 Å². The Labute approximate surface area is 79.4 Å². The highest BCUT2D eigenvalue weighted by molar-refractivity contribution is 5.81. The van der Waals surface area contributed by atoms with Crippen LogP contribution in [0, 0.1) is 5.92 Å². The maximum atomic E-state index is 8.44. The molecule has 0 radical (unpaired) electrons. The quantitative estimate of drug-likeness (QED) is 0.290. The molecule has 0 amide bonds. The zero-order valence-corrected chi connectivity index (χ0v) is 8.40. The Balaban J connectivity index is 2.42. The zero-order chi connectivity index (χ0) is 9.84. The summed E-state index contributed by atoms with van der Waals surface area (Å²) in [6, 6.07) is 0.545. The first-order valence-corrected chi connectivity index (χ1v) is 4.84. The molecule has 1 fully saturated rings. The average Bonchev–Trinajstić information content (AvgIpc) is 2.09. The van der Waals surface area contributed by atoms with Crippen LogP contribution >= 0.6 is 0 Å². The molecule has 1 aliphatic rings. The van der Waals surface area contributed by atoms with Crippen molar-refractivity contribution in [1.29, 1.82) is 0 Å². The molecule has 4 nitrogen and oxygen atoms in total. The van der Waals surface area contributed by atoms with E-state index >= 15 is 0 Å². The number of likely N-dealkylation sites (tertiary alicyclic amines) is 1. The van der Waals surface area contributed by atoms with Gasteiger partial charge in [-0.1, -0.05) is 12.1 Å². The molecule has 0 aliphatic carbocycles. The molecule has 13 heavy (non-hydrogen) atoms. The Morgan fingerprint density at radius 3 is 2.85 bits per heavy atom. The Kier molecular flexibility index (Phi) is 3.54. The first-order chi connectivity index (χ1) is 6.13. The Bertz CT molecular complexity index is 193. The summed E-state index contributed by atoms with van der Waals surface area (Å²) >= 11 is 0. The van der Waals surface area contributed by atoms with Crippen LogP contribution in [0.4, 0.5) is 0 Å². The molecule has 0 aromatic rings. The van der Waals surface area contributed by atoms with Crippen LogP contribution in [0.5, 0.6) is 0 Å². The number of amidine groups is 1. The molecule has 3 N–H and O–H groups in total.